The SMILES string of the molecule is CCC1=N[C@@]2(CC[C@@H]3CN(CC4CC4)C[C@@H]32)C(=O)N1CC1CC1.O=C(O)C(F)(F)F. The third-order valence-corrected chi connectivity index (χ3v) is 7.19. The van der Waals surface area contributed by atoms with E-state index in [1.54, 1.807) is 0 Å². The van der Waals surface area contributed by atoms with E-state index >= 15 is 0 Å². The molecule has 5 rings (SSSR count). The van der Waals surface area contributed by atoms with Gasteiger partial charge in [0.15, 0.2) is 0 Å². The molecule has 0 unspecified atom stereocenters. The van der Waals surface area contributed by atoms with E-state index in [1.165, 1.54) is 45.2 Å². The highest BCUT2D eigenvalue weighted by atomic mass is 19.4. The summed E-state index contributed by atoms with van der Waals surface area (Å²) in [6.07, 6.45) is 3.47. The maximum atomic E-state index is 13.3. The van der Waals surface area contributed by atoms with Gasteiger partial charge in [-0.2, -0.15) is 13.2 Å². The van der Waals surface area contributed by atoms with E-state index < -0.39 is 12.1 Å². The number of carboxylic acid groups (broad SMARTS) is 1. The maximum Gasteiger partial charge on any atom is 0.490 e. The largest absolute Gasteiger partial charge is 0.490 e. The van der Waals surface area contributed by atoms with Crippen LogP contribution in [0.2, 0.25) is 0 Å². The van der Waals surface area contributed by atoms with Gasteiger partial charge < -0.3 is 10.0 Å². The fourth-order valence-electron chi connectivity index (χ4n) is 5.31. The number of aliphatic carboxylic acids is 1. The first-order valence-electron chi connectivity index (χ1n) is 11.1. The summed E-state index contributed by atoms with van der Waals surface area (Å²) < 4.78 is 31.7. The van der Waals surface area contributed by atoms with Gasteiger partial charge in [-0.25, -0.2) is 4.79 Å². The lowest BCUT2D eigenvalue weighted by Gasteiger charge is -2.28. The molecular weight excluding hydrogens is 399 g/mol. The van der Waals surface area contributed by atoms with E-state index in [0.29, 0.717) is 17.7 Å². The van der Waals surface area contributed by atoms with Crippen LogP contribution in [0, 0.1) is 23.7 Å². The Morgan fingerprint density at radius 1 is 1.13 bits per heavy atom. The zero-order valence-corrected chi connectivity index (χ0v) is 17.3. The van der Waals surface area contributed by atoms with Crippen molar-refractivity contribution in [2.24, 2.45) is 28.7 Å². The molecule has 3 saturated carbocycles. The smallest absolute Gasteiger partial charge is 0.475 e. The zero-order chi connectivity index (χ0) is 21.7. The van der Waals surface area contributed by atoms with Gasteiger partial charge in [-0.05, 0) is 56.3 Å². The number of carboxylic acids is 1. The van der Waals surface area contributed by atoms with Gasteiger partial charge in [-0.1, -0.05) is 6.92 Å². The number of rotatable bonds is 5. The number of amidine groups is 1. The molecule has 6 nitrogen and oxygen atoms in total. The third kappa shape index (κ3) is 4.22. The van der Waals surface area contributed by atoms with Gasteiger partial charge in [-0.15, -0.1) is 0 Å². The number of hydrogen-bond donors (Lipinski definition) is 1. The molecule has 2 aliphatic heterocycles. The minimum absolute atomic E-state index is 0.363. The Hall–Kier alpha value is -1.64. The highest BCUT2D eigenvalue weighted by Gasteiger charge is 2.61. The van der Waals surface area contributed by atoms with Crippen molar-refractivity contribution in [1.29, 1.82) is 0 Å². The number of alkyl halides is 3. The number of carbonyl (C=O) groups is 2. The Morgan fingerprint density at radius 3 is 2.27 bits per heavy atom. The first-order valence-corrected chi connectivity index (χ1v) is 11.1. The molecule has 30 heavy (non-hydrogen) atoms. The van der Waals surface area contributed by atoms with Crippen molar-refractivity contribution in [1.82, 2.24) is 9.80 Å². The average Bonchev–Trinajstić information content (AvgIpc) is 3.57. The van der Waals surface area contributed by atoms with Crippen LogP contribution in [-0.2, 0) is 9.59 Å². The molecule has 1 spiro atoms. The van der Waals surface area contributed by atoms with Crippen LogP contribution < -0.4 is 0 Å². The summed E-state index contributed by atoms with van der Waals surface area (Å²) in [7, 11) is 0. The Kier molecular flexibility index (Phi) is 5.61. The minimum atomic E-state index is -5.08. The van der Waals surface area contributed by atoms with E-state index in [4.69, 9.17) is 14.9 Å². The van der Waals surface area contributed by atoms with Crippen molar-refractivity contribution in [3.63, 3.8) is 0 Å². The number of fused-ring (bicyclic) bond motifs is 2. The number of carbonyl (C=O) groups excluding carboxylic acids is 1. The summed E-state index contributed by atoms with van der Waals surface area (Å²) in [5.41, 5.74) is -0.372. The second kappa shape index (κ2) is 7.80. The second-order valence-corrected chi connectivity index (χ2v) is 9.54. The van der Waals surface area contributed by atoms with Gasteiger partial charge in [0.25, 0.3) is 5.91 Å². The predicted molar refractivity (Wildman–Crippen MR) is 104 cm³/mol. The van der Waals surface area contributed by atoms with Crippen LogP contribution in [0.15, 0.2) is 4.99 Å². The number of halogens is 3. The van der Waals surface area contributed by atoms with E-state index in [2.05, 4.69) is 16.7 Å². The summed E-state index contributed by atoms with van der Waals surface area (Å²) in [6, 6.07) is 0. The van der Waals surface area contributed by atoms with Crippen LogP contribution in [0.1, 0.15) is 51.9 Å². The Morgan fingerprint density at radius 2 is 1.73 bits per heavy atom. The lowest BCUT2D eigenvalue weighted by molar-refractivity contribution is -0.192. The molecule has 4 fully saturated rings. The average molecular weight is 429 g/mol. The van der Waals surface area contributed by atoms with Crippen LogP contribution >= 0.6 is 0 Å². The summed E-state index contributed by atoms with van der Waals surface area (Å²) >= 11 is 0. The normalized spacial score (nSPS) is 33.5. The lowest BCUT2D eigenvalue weighted by atomic mass is 9.85. The summed E-state index contributed by atoms with van der Waals surface area (Å²) in [6.45, 7) is 6.70. The first kappa shape index (κ1) is 21.6. The topological polar surface area (TPSA) is 73.2 Å². The van der Waals surface area contributed by atoms with Gasteiger partial charge in [0.1, 0.15) is 11.4 Å². The van der Waals surface area contributed by atoms with Gasteiger partial charge >= 0.3 is 12.1 Å². The number of nitrogens with zero attached hydrogens (tertiary/aromatic N) is 3. The van der Waals surface area contributed by atoms with Crippen LogP contribution in [0.4, 0.5) is 13.2 Å². The Labute approximate surface area is 174 Å². The van der Waals surface area contributed by atoms with Crippen molar-refractivity contribution < 1.29 is 27.9 Å². The maximum absolute atomic E-state index is 13.3. The van der Waals surface area contributed by atoms with E-state index in [9.17, 15) is 18.0 Å². The highest BCUT2D eigenvalue weighted by molar-refractivity contribution is 6.08. The van der Waals surface area contributed by atoms with Gasteiger partial charge in [0.05, 0.1) is 0 Å². The van der Waals surface area contributed by atoms with Gasteiger partial charge in [0.2, 0.25) is 0 Å². The molecule has 1 saturated heterocycles. The van der Waals surface area contributed by atoms with Crippen molar-refractivity contribution in [2.75, 3.05) is 26.2 Å². The molecule has 0 bridgehead atoms. The predicted octanol–water partition coefficient (Wildman–Crippen LogP) is 3.17. The van der Waals surface area contributed by atoms with Crippen molar-refractivity contribution in [3.05, 3.63) is 0 Å². The van der Waals surface area contributed by atoms with E-state index in [1.807, 2.05) is 0 Å². The molecular formula is C21H30F3N3O3. The molecule has 0 aromatic rings. The van der Waals surface area contributed by atoms with Gasteiger partial charge in [-0.3, -0.25) is 14.7 Å². The monoisotopic (exact) mass is 429 g/mol. The van der Waals surface area contributed by atoms with Crippen molar-refractivity contribution >= 4 is 17.7 Å². The molecule has 0 aromatic heterocycles. The number of hydrogen-bond acceptors (Lipinski definition) is 4. The van der Waals surface area contributed by atoms with E-state index in [-0.39, 0.29) is 5.54 Å². The van der Waals surface area contributed by atoms with Crippen molar-refractivity contribution in [2.45, 2.75) is 63.6 Å². The molecule has 2 heterocycles. The molecule has 1 N–H and O–H groups in total. The van der Waals surface area contributed by atoms with Crippen LogP contribution in [0.25, 0.3) is 0 Å². The number of aliphatic imine (C=N–C) groups is 1. The van der Waals surface area contributed by atoms with Crippen molar-refractivity contribution in [3.8, 4) is 0 Å². The number of amides is 1. The zero-order valence-electron chi connectivity index (χ0n) is 17.3. The minimum Gasteiger partial charge on any atom is -0.475 e. The molecule has 0 radical (unpaired) electrons. The lowest BCUT2D eigenvalue weighted by Crippen LogP contribution is -2.47. The Balaban J connectivity index is 0.000000272. The molecule has 5 aliphatic rings. The molecule has 0 aromatic carbocycles. The fraction of sp³-hybridized carbons (Fsp3) is 0.857. The van der Waals surface area contributed by atoms with Gasteiger partial charge in [0, 0.05) is 38.5 Å². The quantitative estimate of drug-likeness (QED) is 0.729. The molecule has 168 valence electrons. The van der Waals surface area contributed by atoms with Crippen LogP contribution in [0.5, 0.6) is 0 Å². The summed E-state index contributed by atoms with van der Waals surface area (Å²) in [5, 5.41) is 7.12. The standard InChI is InChI=1S/C19H29N3O.C2HF3O2/c1-2-17-20-19(18(23)22(17)10-14-5-6-14)8-7-15-11-21(12-16(15)19)9-13-3-4-13;3-2(4,5)1(6)7/h13-16H,2-12H2,1H3;(H,6,7)/t15-,16+,19-;/m1./s1. The molecule has 9 heteroatoms. The van der Waals surface area contributed by atoms with Crippen LogP contribution in [0.3, 0.4) is 0 Å². The second-order valence-electron chi connectivity index (χ2n) is 9.54. The number of likely N-dealkylation sites (tertiary alicyclic amines) is 1. The third-order valence-electron chi connectivity index (χ3n) is 7.19. The van der Waals surface area contributed by atoms with E-state index in [0.717, 1.165) is 43.6 Å². The summed E-state index contributed by atoms with van der Waals surface area (Å²) in [4.78, 5) is 32.1. The van der Waals surface area contributed by atoms with Crippen LogP contribution in [-0.4, -0.2) is 70.5 Å². The molecule has 3 atom stereocenters. The molecule has 3 aliphatic carbocycles. The fourth-order valence-corrected chi connectivity index (χ4v) is 5.31. The summed E-state index contributed by atoms with van der Waals surface area (Å²) in [5.74, 6) is 1.58. The highest BCUT2D eigenvalue weighted by Crippen LogP contribution is 2.51. The Bertz CT molecular complexity index is 733. The first-order chi connectivity index (χ1) is 14.1. The molecule has 1 amide bonds.